The first kappa shape index (κ1) is 19.2. The Morgan fingerprint density at radius 2 is 1.21 bits per heavy atom. The highest BCUT2D eigenvalue weighted by Crippen LogP contribution is 2.11. The molecular weight excluding hydrogens is 350 g/mol. The van der Waals surface area contributed by atoms with E-state index >= 15 is 0 Å². The van der Waals surface area contributed by atoms with Gasteiger partial charge in [-0.2, -0.15) is 0 Å². The van der Waals surface area contributed by atoms with Gasteiger partial charge in [-0.1, -0.05) is 96.2 Å². The molecule has 0 amide bonds. The highest BCUT2D eigenvalue weighted by Gasteiger charge is 2.16. The highest BCUT2D eigenvalue weighted by molar-refractivity contribution is 6.16. The van der Waals surface area contributed by atoms with Crippen LogP contribution in [0.25, 0.3) is 0 Å². The van der Waals surface area contributed by atoms with E-state index in [0.717, 1.165) is 11.1 Å². The third-order valence-electron chi connectivity index (χ3n) is 4.17. The quantitative estimate of drug-likeness (QED) is 0.234. The summed E-state index contributed by atoms with van der Waals surface area (Å²) in [7, 11) is 0. The highest BCUT2D eigenvalue weighted by atomic mass is 16.6. The smallest absolute Gasteiger partial charge is 0.170 e. The number of rotatable bonds is 9. The summed E-state index contributed by atoms with van der Waals surface area (Å²) in [6, 6.07) is 27.9. The van der Waals surface area contributed by atoms with Crippen LogP contribution in [0.3, 0.4) is 0 Å². The van der Waals surface area contributed by atoms with Crippen molar-refractivity contribution < 1.29 is 14.4 Å². The number of nitrogens with zero attached hydrogens (tertiary/aromatic N) is 1. The molecule has 4 heteroatoms. The number of hydrogen-bond acceptors (Lipinski definition) is 4. The number of carbonyl (C=O) groups is 2. The minimum Gasteiger partial charge on any atom is -0.391 e. The van der Waals surface area contributed by atoms with E-state index in [0.29, 0.717) is 17.9 Å². The number of hydrogen-bond donors (Lipinski definition) is 0. The lowest BCUT2D eigenvalue weighted by Gasteiger charge is -2.07. The van der Waals surface area contributed by atoms with E-state index in [1.165, 1.54) is 0 Å². The van der Waals surface area contributed by atoms with E-state index in [2.05, 4.69) is 5.16 Å². The summed E-state index contributed by atoms with van der Waals surface area (Å²) in [5.41, 5.74) is 2.84. The number of Topliss-reactive ketones (excluding diaryl/α,β-unsaturated/α-hetero) is 2. The lowest BCUT2D eigenvalue weighted by Crippen LogP contribution is -2.14. The minimum atomic E-state index is -0.195. The number of ketones is 2. The van der Waals surface area contributed by atoms with E-state index in [4.69, 9.17) is 4.84 Å². The average Bonchev–Trinajstić information content (AvgIpc) is 2.75. The van der Waals surface area contributed by atoms with Crippen LogP contribution in [0.2, 0.25) is 0 Å². The van der Waals surface area contributed by atoms with Crippen molar-refractivity contribution in [2.24, 2.45) is 5.16 Å². The van der Waals surface area contributed by atoms with E-state index in [9.17, 15) is 9.59 Å². The summed E-state index contributed by atoms with van der Waals surface area (Å²) in [5.74, 6) is -0.386. The summed E-state index contributed by atoms with van der Waals surface area (Å²) in [5, 5.41) is 4.19. The second-order valence-corrected chi connectivity index (χ2v) is 6.34. The van der Waals surface area contributed by atoms with Crippen LogP contribution in [0, 0.1) is 0 Å². The van der Waals surface area contributed by atoms with Crippen molar-refractivity contribution in [3.8, 4) is 0 Å². The monoisotopic (exact) mass is 371 g/mol. The Balaban J connectivity index is 1.67. The van der Waals surface area contributed by atoms with Crippen LogP contribution in [0.4, 0.5) is 0 Å². The Hall–Kier alpha value is -3.53. The molecule has 0 atom stereocenters. The van der Waals surface area contributed by atoms with Crippen LogP contribution in [0.15, 0.2) is 96.2 Å². The van der Waals surface area contributed by atoms with Crippen molar-refractivity contribution >= 4 is 17.3 Å². The van der Waals surface area contributed by atoms with Gasteiger partial charge < -0.3 is 4.84 Å². The number of carbonyl (C=O) groups excluding carboxylic acids is 2. The lowest BCUT2D eigenvalue weighted by atomic mass is 10.00. The molecule has 0 aromatic heterocycles. The zero-order chi connectivity index (χ0) is 19.6. The Bertz CT molecular complexity index is 935. The molecule has 0 aliphatic carbocycles. The van der Waals surface area contributed by atoms with E-state index in [1.807, 2.05) is 66.7 Å². The summed E-state index contributed by atoms with van der Waals surface area (Å²) < 4.78 is 0. The van der Waals surface area contributed by atoms with Gasteiger partial charge in [-0.3, -0.25) is 9.59 Å². The summed E-state index contributed by atoms with van der Waals surface area (Å²) in [4.78, 5) is 30.2. The van der Waals surface area contributed by atoms with E-state index in [1.54, 1.807) is 24.3 Å². The molecule has 3 aromatic rings. The van der Waals surface area contributed by atoms with Crippen molar-refractivity contribution in [2.75, 3.05) is 0 Å². The molecule has 0 radical (unpaired) electrons. The van der Waals surface area contributed by atoms with Gasteiger partial charge in [0, 0.05) is 5.56 Å². The van der Waals surface area contributed by atoms with Gasteiger partial charge in [0.2, 0.25) is 0 Å². The van der Waals surface area contributed by atoms with Gasteiger partial charge in [-0.05, 0) is 11.1 Å². The predicted octanol–water partition coefficient (Wildman–Crippen LogP) is 4.84. The predicted molar refractivity (Wildman–Crippen MR) is 109 cm³/mol. The third-order valence-corrected chi connectivity index (χ3v) is 4.17. The molecule has 0 unspecified atom stereocenters. The molecule has 0 bridgehead atoms. The van der Waals surface area contributed by atoms with Crippen LogP contribution in [0.1, 0.15) is 34.3 Å². The standard InChI is InChI=1S/C24H21NO3/c26-22(17-24(27)21-14-8-3-9-15-21)16-23(20-12-6-2-7-13-20)25-28-18-19-10-4-1-5-11-19/h1-15H,16-18H2/b25-23+. The first-order chi connectivity index (χ1) is 13.7. The molecule has 140 valence electrons. The molecule has 0 spiro atoms. The normalized spacial score (nSPS) is 11.1. The molecular formula is C24H21NO3. The van der Waals surface area contributed by atoms with E-state index < -0.39 is 0 Å². The van der Waals surface area contributed by atoms with Crippen LogP contribution in [0.5, 0.6) is 0 Å². The van der Waals surface area contributed by atoms with Crippen molar-refractivity contribution in [2.45, 2.75) is 19.4 Å². The molecule has 0 aliphatic rings. The van der Waals surface area contributed by atoms with Crippen molar-refractivity contribution in [3.05, 3.63) is 108 Å². The molecule has 0 aliphatic heterocycles. The third kappa shape index (κ3) is 5.74. The topological polar surface area (TPSA) is 55.7 Å². The molecule has 0 saturated carbocycles. The fourth-order valence-electron chi connectivity index (χ4n) is 2.73. The van der Waals surface area contributed by atoms with Gasteiger partial charge in [0.05, 0.1) is 18.6 Å². The lowest BCUT2D eigenvalue weighted by molar-refractivity contribution is -0.117. The van der Waals surface area contributed by atoms with Gasteiger partial charge in [-0.15, -0.1) is 0 Å². The maximum Gasteiger partial charge on any atom is 0.170 e. The maximum absolute atomic E-state index is 12.5. The van der Waals surface area contributed by atoms with Crippen LogP contribution in [-0.4, -0.2) is 17.3 Å². The zero-order valence-electron chi connectivity index (χ0n) is 15.5. The Morgan fingerprint density at radius 1 is 0.679 bits per heavy atom. The molecule has 3 rings (SSSR count). The number of oxime groups is 1. The molecule has 0 fully saturated rings. The summed E-state index contributed by atoms with van der Waals surface area (Å²) >= 11 is 0. The Morgan fingerprint density at radius 3 is 1.82 bits per heavy atom. The largest absolute Gasteiger partial charge is 0.391 e. The second kappa shape index (κ2) is 9.97. The molecule has 4 nitrogen and oxygen atoms in total. The summed E-state index contributed by atoms with van der Waals surface area (Å²) in [6.45, 7) is 0.314. The molecule has 0 saturated heterocycles. The average molecular weight is 371 g/mol. The minimum absolute atomic E-state index is 0.0391. The first-order valence-electron chi connectivity index (χ1n) is 9.10. The van der Waals surface area contributed by atoms with Crippen molar-refractivity contribution in [1.82, 2.24) is 0 Å². The van der Waals surface area contributed by atoms with Gasteiger partial charge in [-0.25, -0.2) is 0 Å². The van der Waals surface area contributed by atoms with Crippen molar-refractivity contribution in [1.29, 1.82) is 0 Å². The molecule has 0 N–H and O–H groups in total. The Kier molecular flexibility index (Phi) is 6.85. The number of benzene rings is 3. The second-order valence-electron chi connectivity index (χ2n) is 6.34. The summed E-state index contributed by atoms with van der Waals surface area (Å²) in [6.07, 6.45) is -0.119. The molecule has 28 heavy (non-hydrogen) atoms. The van der Waals surface area contributed by atoms with E-state index in [-0.39, 0.29) is 24.4 Å². The van der Waals surface area contributed by atoms with Gasteiger partial charge in [0.25, 0.3) is 0 Å². The first-order valence-corrected chi connectivity index (χ1v) is 9.10. The van der Waals surface area contributed by atoms with Crippen LogP contribution in [-0.2, 0) is 16.2 Å². The fourth-order valence-corrected chi connectivity index (χ4v) is 2.73. The van der Waals surface area contributed by atoms with Gasteiger partial charge in [0.15, 0.2) is 5.78 Å². The Labute approximate surface area is 164 Å². The van der Waals surface area contributed by atoms with Crippen LogP contribution < -0.4 is 0 Å². The SMILES string of the molecule is O=C(CC(=O)c1ccccc1)C/C(=N\OCc1ccccc1)c1ccccc1. The fraction of sp³-hybridized carbons (Fsp3) is 0.125. The van der Waals surface area contributed by atoms with Crippen molar-refractivity contribution in [3.63, 3.8) is 0 Å². The zero-order valence-corrected chi connectivity index (χ0v) is 15.5. The molecule has 0 heterocycles. The van der Waals surface area contributed by atoms with Crippen LogP contribution >= 0.6 is 0 Å². The van der Waals surface area contributed by atoms with Gasteiger partial charge in [0.1, 0.15) is 12.4 Å². The van der Waals surface area contributed by atoms with Gasteiger partial charge >= 0.3 is 0 Å². The maximum atomic E-state index is 12.5. The molecule has 3 aromatic carbocycles.